The van der Waals surface area contributed by atoms with Crippen molar-refractivity contribution in [3.63, 3.8) is 0 Å². The standard InChI is InChI=1S/C15H23NO/c17-13-15(9-10-15)12-16-11-5-4-8-14-6-2-1-3-7-14/h1-3,6-7,16-17H,4-5,8-13H2. The van der Waals surface area contributed by atoms with Crippen LogP contribution in [0.1, 0.15) is 31.2 Å². The lowest BCUT2D eigenvalue weighted by Crippen LogP contribution is -2.27. The summed E-state index contributed by atoms with van der Waals surface area (Å²) in [6.45, 7) is 2.42. The van der Waals surface area contributed by atoms with Gasteiger partial charge in [0.05, 0.1) is 0 Å². The second-order valence-corrected chi connectivity index (χ2v) is 5.28. The van der Waals surface area contributed by atoms with E-state index in [9.17, 15) is 0 Å². The molecule has 0 radical (unpaired) electrons. The third-order valence-electron chi connectivity index (χ3n) is 3.70. The molecule has 1 aliphatic carbocycles. The van der Waals surface area contributed by atoms with Crippen LogP contribution in [0.2, 0.25) is 0 Å². The maximum Gasteiger partial charge on any atom is 0.0499 e. The Hall–Kier alpha value is -0.860. The van der Waals surface area contributed by atoms with Gasteiger partial charge >= 0.3 is 0 Å². The van der Waals surface area contributed by atoms with Gasteiger partial charge in [-0.2, -0.15) is 0 Å². The molecule has 0 bridgehead atoms. The minimum absolute atomic E-state index is 0.249. The molecule has 0 unspecified atom stereocenters. The second-order valence-electron chi connectivity index (χ2n) is 5.28. The van der Waals surface area contributed by atoms with Crippen molar-refractivity contribution in [2.24, 2.45) is 5.41 Å². The summed E-state index contributed by atoms with van der Waals surface area (Å²) in [6.07, 6.45) is 6.02. The fourth-order valence-electron chi connectivity index (χ4n) is 2.14. The van der Waals surface area contributed by atoms with E-state index in [1.807, 2.05) is 0 Å². The number of benzene rings is 1. The highest BCUT2D eigenvalue weighted by atomic mass is 16.3. The predicted molar refractivity (Wildman–Crippen MR) is 71.0 cm³/mol. The van der Waals surface area contributed by atoms with Crippen molar-refractivity contribution in [1.82, 2.24) is 5.32 Å². The molecule has 0 spiro atoms. The summed E-state index contributed by atoms with van der Waals surface area (Å²) < 4.78 is 0. The van der Waals surface area contributed by atoms with E-state index >= 15 is 0 Å². The lowest BCUT2D eigenvalue weighted by molar-refractivity contribution is 0.208. The number of unbranched alkanes of at least 4 members (excludes halogenated alkanes) is 1. The minimum atomic E-state index is 0.249. The fourth-order valence-corrected chi connectivity index (χ4v) is 2.14. The van der Waals surface area contributed by atoms with Crippen LogP contribution in [0.4, 0.5) is 0 Å². The van der Waals surface area contributed by atoms with Crippen LogP contribution in [0.25, 0.3) is 0 Å². The third kappa shape index (κ3) is 4.14. The molecule has 0 amide bonds. The third-order valence-corrected chi connectivity index (χ3v) is 3.70. The molecule has 2 heteroatoms. The molecule has 2 N–H and O–H groups in total. The topological polar surface area (TPSA) is 32.3 Å². The summed E-state index contributed by atoms with van der Waals surface area (Å²) in [5.41, 5.74) is 1.68. The van der Waals surface area contributed by atoms with Crippen molar-refractivity contribution in [2.45, 2.75) is 32.1 Å². The maximum absolute atomic E-state index is 9.17. The first-order chi connectivity index (χ1) is 8.35. The zero-order chi connectivity index (χ0) is 12.0. The maximum atomic E-state index is 9.17. The smallest absolute Gasteiger partial charge is 0.0499 e. The summed E-state index contributed by atoms with van der Waals surface area (Å²) in [4.78, 5) is 0. The van der Waals surface area contributed by atoms with Crippen molar-refractivity contribution in [1.29, 1.82) is 0 Å². The highest BCUT2D eigenvalue weighted by Gasteiger charge is 2.41. The molecular weight excluding hydrogens is 210 g/mol. The number of hydrogen-bond acceptors (Lipinski definition) is 2. The highest BCUT2D eigenvalue weighted by Crippen LogP contribution is 2.44. The fraction of sp³-hybridized carbons (Fsp3) is 0.600. The number of rotatable bonds is 8. The summed E-state index contributed by atoms with van der Waals surface area (Å²) in [5.74, 6) is 0. The minimum Gasteiger partial charge on any atom is -0.396 e. The van der Waals surface area contributed by atoms with Gasteiger partial charge in [0, 0.05) is 18.6 Å². The molecular formula is C15H23NO. The van der Waals surface area contributed by atoms with E-state index < -0.39 is 0 Å². The van der Waals surface area contributed by atoms with Crippen LogP contribution in [0.15, 0.2) is 30.3 Å². The van der Waals surface area contributed by atoms with Crippen molar-refractivity contribution in [3.8, 4) is 0 Å². The van der Waals surface area contributed by atoms with Crippen molar-refractivity contribution >= 4 is 0 Å². The number of aliphatic hydroxyl groups is 1. The lowest BCUT2D eigenvalue weighted by Gasteiger charge is -2.12. The Morgan fingerprint density at radius 1 is 1.12 bits per heavy atom. The zero-order valence-electron chi connectivity index (χ0n) is 10.5. The quantitative estimate of drug-likeness (QED) is 0.676. The van der Waals surface area contributed by atoms with E-state index in [1.165, 1.54) is 37.7 Å². The largest absolute Gasteiger partial charge is 0.396 e. The van der Waals surface area contributed by atoms with Gasteiger partial charge in [0.2, 0.25) is 0 Å². The Morgan fingerprint density at radius 2 is 1.88 bits per heavy atom. The molecule has 17 heavy (non-hydrogen) atoms. The molecule has 1 aromatic rings. The van der Waals surface area contributed by atoms with E-state index in [2.05, 4.69) is 35.6 Å². The molecule has 0 aromatic heterocycles. The molecule has 2 nitrogen and oxygen atoms in total. The van der Waals surface area contributed by atoms with Gasteiger partial charge in [-0.3, -0.25) is 0 Å². The summed E-state index contributed by atoms with van der Waals surface area (Å²) in [6, 6.07) is 10.7. The molecule has 1 aromatic carbocycles. The summed E-state index contributed by atoms with van der Waals surface area (Å²) >= 11 is 0. The first-order valence-corrected chi connectivity index (χ1v) is 6.70. The van der Waals surface area contributed by atoms with Crippen molar-refractivity contribution < 1.29 is 5.11 Å². The first kappa shape index (κ1) is 12.6. The zero-order valence-corrected chi connectivity index (χ0v) is 10.5. The van der Waals surface area contributed by atoms with Gasteiger partial charge in [0.15, 0.2) is 0 Å². The molecule has 94 valence electrons. The molecule has 1 saturated carbocycles. The summed E-state index contributed by atoms with van der Waals surface area (Å²) in [7, 11) is 0. The monoisotopic (exact) mass is 233 g/mol. The predicted octanol–water partition coefficient (Wildman–Crippen LogP) is 2.37. The Kier molecular flexibility index (Phi) is 4.57. The van der Waals surface area contributed by atoms with Crippen LogP contribution in [-0.4, -0.2) is 24.8 Å². The van der Waals surface area contributed by atoms with E-state index in [0.29, 0.717) is 6.61 Å². The van der Waals surface area contributed by atoms with Gasteiger partial charge in [0.25, 0.3) is 0 Å². The van der Waals surface area contributed by atoms with Crippen molar-refractivity contribution in [2.75, 3.05) is 19.7 Å². The molecule has 0 saturated heterocycles. The van der Waals surface area contributed by atoms with Crippen LogP contribution in [-0.2, 0) is 6.42 Å². The molecule has 1 fully saturated rings. The molecule has 0 atom stereocenters. The Bertz CT molecular complexity index is 319. The molecule has 0 aliphatic heterocycles. The van der Waals surface area contributed by atoms with Crippen LogP contribution in [0.5, 0.6) is 0 Å². The van der Waals surface area contributed by atoms with Crippen LogP contribution >= 0.6 is 0 Å². The van der Waals surface area contributed by atoms with Gasteiger partial charge < -0.3 is 10.4 Å². The van der Waals surface area contributed by atoms with E-state index in [1.54, 1.807) is 0 Å². The van der Waals surface area contributed by atoms with Gasteiger partial charge in [-0.05, 0) is 44.2 Å². The normalized spacial score (nSPS) is 17.0. The number of aryl methyl sites for hydroxylation is 1. The Morgan fingerprint density at radius 3 is 2.53 bits per heavy atom. The molecule has 1 aliphatic rings. The average molecular weight is 233 g/mol. The number of hydrogen-bond donors (Lipinski definition) is 2. The highest BCUT2D eigenvalue weighted by molar-refractivity contribution is 5.14. The van der Waals surface area contributed by atoms with E-state index in [0.717, 1.165) is 13.1 Å². The summed E-state index contributed by atoms with van der Waals surface area (Å²) in [5, 5.41) is 12.6. The van der Waals surface area contributed by atoms with Gasteiger partial charge in [-0.15, -0.1) is 0 Å². The first-order valence-electron chi connectivity index (χ1n) is 6.70. The Balaban J connectivity index is 1.50. The number of aliphatic hydroxyl groups excluding tert-OH is 1. The number of nitrogens with one attached hydrogen (secondary N) is 1. The van der Waals surface area contributed by atoms with E-state index in [-0.39, 0.29) is 5.41 Å². The Labute approximate surface area is 104 Å². The molecule has 2 rings (SSSR count). The van der Waals surface area contributed by atoms with Crippen LogP contribution < -0.4 is 5.32 Å². The lowest BCUT2D eigenvalue weighted by atomic mass is 10.1. The van der Waals surface area contributed by atoms with Gasteiger partial charge in [0.1, 0.15) is 0 Å². The van der Waals surface area contributed by atoms with Crippen LogP contribution in [0, 0.1) is 5.41 Å². The molecule has 0 heterocycles. The van der Waals surface area contributed by atoms with Crippen LogP contribution in [0.3, 0.4) is 0 Å². The SMILES string of the molecule is OCC1(CNCCCCc2ccccc2)CC1. The second kappa shape index (κ2) is 6.18. The van der Waals surface area contributed by atoms with Gasteiger partial charge in [-0.1, -0.05) is 30.3 Å². The van der Waals surface area contributed by atoms with Crippen molar-refractivity contribution in [3.05, 3.63) is 35.9 Å². The van der Waals surface area contributed by atoms with Gasteiger partial charge in [-0.25, -0.2) is 0 Å². The average Bonchev–Trinajstić information content (AvgIpc) is 3.16. The van der Waals surface area contributed by atoms with E-state index in [4.69, 9.17) is 5.11 Å².